The molecule has 8 nitrogen and oxygen atoms in total. The molecule has 0 radical (unpaired) electrons. The van der Waals surface area contributed by atoms with Crippen molar-refractivity contribution in [3.63, 3.8) is 0 Å². The molecule has 0 unspecified atom stereocenters. The number of hydrogen-bond acceptors (Lipinski definition) is 5. The number of nitrogen functional groups attached to an aromatic ring is 1. The summed E-state index contributed by atoms with van der Waals surface area (Å²) in [5.41, 5.74) is 7.68. The van der Waals surface area contributed by atoms with E-state index in [-0.39, 0.29) is 35.6 Å². The number of ether oxygens (including phenoxy) is 1. The number of anilines is 1. The van der Waals surface area contributed by atoms with Crippen molar-refractivity contribution in [2.24, 2.45) is 10.9 Å². The topological polar surface area (TPSA) is 113 Å². The highest BCUT2D eigenvalue weighted by Crippen LogP contribution is 2.21. The van der Waals surface area contributed by atoms with Crippen LogP contribution in [0.3, 0.4) is 0 Å². The molecule has 10 heteroatoms. The summed E-state index contributed by atoms with van der Waals surface area (Å²) >= 11 is 0. The van der Waals surface area contributed by atoms with Crippen molar-refractivity contribution >= 4 is 35.8 Å². The molecule has 1 heterocycles. The number of aryl methyl sites for hydroxylation is 1. The molecule has 0 aliphatic carbocycles. The van der Waals surface area contributed by atoms with Gasteiger partial charge in [0, 0.05) is 26.2 Å². The van der Waals surface area contributed by atoms with Crippen molar-refractivity contribution < 1.29 is 9.13 Å². The quantitative estimate of drug-likeness (QED) is 0.155. The summed E-state index contributed by atoms with van der Waals surface area (Å²) in [5, 5.41) is 20.5. The molecule has 182 valence electrons. The van der Waals surface area contributed by atoms with Gasteiger partial charge in [0.05, 0.1) is 18.0 Å². The molecule has 0 saturated carbocycles. The van der Waals surface area contributed by atoms with Crippen molar-refractivity contribution in [2.45, 2.75) is 40.0 Å². The first-order valence-corrected chi connectivity index (χ1v) is 11.1. The number of halogens is 2. The van der Waals surface area contributed by atoms with Crippen LogP contribution in [0.1, 0.15) is 44.9 Å². The number of nitrogens with two attached hydrogens (primary N) is 1. The van der Waals surface area contributed by atoms with Gasteiger partial charge in [0.15, 0.2) is 5.96 Å². The minimum Gasteiger partial charge on any atom is -0.382 e. The smallest absolute Gasteiger partial charge is 0.191 e. The Morgan fingerprint density at radius 2 is 2.00 bits per heavy atom. The van der Waals surface area contributed by atoms with Gasteiger partial charge < -0.3 is 21.1 Å². The molecule has 0 spiro atoms. The monoisotopic (exact) mass is 571 g/mol. The molecule has 0 amide bonds. The second kappa shape index (κ2) is 15.4. The van der Waals surface area contributed by atoms with Crippen molar-refractivity contribution in [1.82, 2.24) is 20.4 Å². The Balaban J connectivity index is 0.00000544. The van der Waals surface area contributed by atoms with Gasteiger partial charge in [-0.15, -0.1) is 24.0 Å². The number of aliphatic imine (C=N–C) groups is 1. The molecular formula is C23H35FIN7O. The summed E-state index contributed by atoms with van der Waals surface area (Å²) in [5.74, 6) is 1.29. The van der Waals surface area contributed by atoms with Gasteiger partial charge in [0.2, 0.25) is 0 Å². The number of nitriles is 1. The molecule has 2 aromatic rings. The molecular weight excluding hydrogens is 536 g/mol. The highest BCUT2D eigenvalue weighted by Gasteiger charge is 2.16. The Morgan fingerprint density at radius 3 is 2.64 bits per heavy atom. The van der Waals surface area contributed by atoms with E-state index in [2.05, 4.69) is 40.6 Å². The Bertz CT molecular complexity index is 907. The van der Waals surface area contributed by atoms with Crippen molar-refractivity contribution in [3.05, 3.63) is 41.3 Å². The standard InChI is InChI=1S/C23H34FN7O.HI/c1-4-27-23(29-13-15-32-14-11-17(2)3)28-12-5-6-21-20(16-25)22(26)31(30-21)19-9-7-18(24)8-10-19;/h7-10,17H,4-6,11-15,26H2,1-3H3,(H2,27,28,29);1H. The fourth-order valence-electron chi connectivity index (χ4n) is 3.00. The maximum atomic E-state index is 13.2. The zero-order valence-corrected chi connectivity index (χ0v) is 21.9. The number of guanidine groups is 1. The van der Waals surface area contributed by atoms with Crippen LogP contribution in [0, 0.1) is 23.1 Å². The summed E-state index contributed by atoms with van der Waals surface area (Å²) in [6.07, 6.45) is 2.32. The molecule has 0 aliphatic heterocycles. The molecule has 1 aromatic heterocycles. The average molecular weight is 571 g/mol. The third-order valence-electron chi connectivity index (χ3n) is 4.74. The van der Waals surface area contributed by atoms with E-state index in [0.29, 0.717) is 55.4 Å². The maximum absolute atomic E-state index is 13.2. The van der Waals surface area contributed by atoms with E-state index < -0.39 is 0 Å². The van der Waals surface area contributed by atoms with Crippen LogP contribution in [0.2, 0.25) is 0 Å². The summed E-state index contributed by atoms with van der Waals surface area (Å²) in [7, 11) is 0. The minimum atomic E-state index is -0.342. The largest absolute Gasteiger partial charge is 0.382 e. The molecule has 33 heavy (non-hydrogen) atoms. The fourth-order valence-corrected chi connectivity index (χ4v) is 3.00. The average Bonchev–Trinajstić information content (AvgIpc) is 3.09. The highest BCUT2D eigenvalue weighted by molar-refractivity contribution is 14.0. The molecule has 1 aromatic carbocycles. The Morgan fingerprint density at radius 1 is 1.27 bits per heavy atom. The van der Waals surface area contributed by atoms with Gasteiger partial charge in [0.1, 0.15) is 23.3 Å². The van der Waals surface area contributed by atoms with Crippen LogP contribution in [0.4, 0.5) is 10.2 Å². The molecule has 2 rings (SSSR count). The van der Waals surface area contributed by atoms with Gasteiger partial charge in [0.25, 0.3) is 0 Å². The first kappa shape index (κ1) is 28.6. The van der Waals surface area contributed by atoms with E-state index in [0.717, 1.165) is 25.5 Å². The van der Waals surface area contributed by atoms with Gasteiger partial charge in [-0.1, -0.05) is 13.8 Å². The molecule has 0 saturated heterocycles. The fraction of sp³-hybridized carbons (Fsp3) is 0.522. The van der Waals surface area contributed by atoms with Crippen LogP contribution in [0.15, 0.2) is 29.3 Å². The molecule has 0 bridgehead atoms. The Hall–Kier alpha value is -2.39. The van der Waals surface area contributed by atoms with Crippen molar-refractivity contribution in [3.8, 4) is 11.8 Å². The minimum absolute atomic E-state index is 0. The first-order valence-electron chi connectivity index (χ1n) is 11.1. The lowest BCUT2D eigenvalue weighted by molar-refractivity contribution is 0.128. The summed E-state index contributed by atoms with van der Waals surface area (Å²) in [6, 6.07) is 7.96. The third-order valence-corrected chi connectivity index (χ3v) is 4.74. The van der Waals surface area contributed by atoms with Crippen molar-refractivity contribution in [2.75, 3.05) is 38.6 Å². The van der Waals surface area contributed by atoms with Crippen LogP contribution >= 0.6 is 24.0 Å². The van der Waals surface area contributed by atoms with Crippen LogP contribution < -0.4 is 16.4 Å². The third kappa shape index (κ3) is 9.55. The van der Waals surface area contributed by atoms with Gasteiger partial charge in [-0.3, -0.25) is 4.99 Å². The van der Waals surface area contributed by atoms with E-state index in [4.69, 9.17) is 10.5 Å². The molecule has 0 aliphatic rings. The van der Waals surface area contributed by atoms with Gasteiger partial charge in [-0.2, -0.15) is 10.4 Å². The van der Waals surface area contributed by atoms with Crippen LogP contribution in [0.5, 0.6) is 0 Å². The van der Waals surface area contributed by atoms with Crippen LogP contribution in [-0.2, 0) is 11.2 Å². The summed E-state index contributed by atoms with van der Waals surface area (Å²) < 4.78 is 20.3. The van der Waals surface area contributed by atoms with Gasteiger partial charge in [-0.05, 0) is 56.4 Å². The number of nitrogens with one attached hydrogen (secondary N) is 2. The zero-order valence-electron chi connectivity index (χ0n) is 19.6. The zero-order chi connectivity index (χ0) is 23.3. The Labute approximate surface area is 212 Å². The van der Waals surface area contributed by atoms with Crippen LogP contribution in [0.25, 0.3) is 5.69 Å². The number of benzene rings is 1. The predicted molar refractivity (Wildman–Crippen MR) is 141 cm³/mol. The second-order valence-electron chi connectivity index (χ2n) is 7.79. The van der Waals surface area contributed by atoms with E-state index in [1.807, 2.05) is 6.92 Å². The summed E-state index contributed by atoms with van der Waals surface area (Å²) in [6.45, 7) is 9.78. The first-order chi connectivity index (χ1) is 15.5. The van der Waals surface area contributed by atoms with E-state index in [1.54, 1.807) is 12.1 Å². The summed E-state index contributed by atoms with van der Waals surface area (Å²) in [4.78, 5) is 4.58. The van der Waals surface area contributed by atoms with Gasteiger partial charge in [-0.25, -0.2) is 9.07 Å². The molecule has 0 atom stereocenters. The second-order valence-corrected chi connectivity index (χ2v) is 7.79. The maximum Gasteiger partial charge on any atom is 0.191 e. The van der Waals surface area contributed by atoms with Crippen LogP contribution in [-0.4, -0.2) is 48.6 Å². The lowest BCUT2D eigenvalue weighted by Gasteiger charge is -2.12. The van der Waals surface area contributed by atoms with E-state index >= 15 is 0 Å². The lowest BCUT2D eigenvalue weighted by atomic mass is 10.1. The number of rotatable bonds is 12. The van der Waals surface area contributed by atoms with Crippen molar-refractivity contribution in [1.29, 1.82) is 5.26 Å². The lowest BCUT2D eigenvalue weighted by Crippen LogP contribution is -2.39. The van der Waals surface area contributed by atoms with Gasteiger partial charge >= 0.3 is 0 Å². The van der Waals surface area contributed by atoms with E-state index in [1.165, 1.54) is 16.8 Å². The molecule has 0 fully saturated rings. The van der Waals surface area contributed by atoms with E-state index in [9.17, 15) is 9.65 Å². The molecule has 4 N–H and O–H groups in total. The highest BCUT2D eigenvalue weighted by atomic mass is 127. The SMILES string of the molecule is CCNC(=NCCCc1nn(-c2ccc(F)cc2)c(N)c1C#N)NCCOCCC(C)C.I. The number of hydrogen-bond donors (Lipinski definition) is 3. The normalized spacial score (nSPS) is 11.2. The Kier molecular flexibility index (Phi) is 13.4. The predicted octanol–water partition coefficient (Wildman–Crippen LogP) is 3.63. The number of aromatic nitrogens is 2. The number of nitrogens with zero attached hydrogens (tertiary/aromatic N) is 4.